The number of nitriles is 1. The van der Waals surface area contributed by atoms with Crippen molar-refractivity contribution in [1.82, 2.24) is 39.8 Å². The summed E-state index contributed by atoms with van der Waals surface area (Å²) in [5, 5.41) is 25.3. The number of methoxy groups -OCH3 is 1. The molecule has 1 atom stereocenters. The molecule has 0 spiro atoms. The van der Waals surface area contributed by atoms with Crippen molar-refractivity contribution in [2.24, 2.45) is 0 Å². The van der Waals surface area contributed by atoms with Gasteiger partial charge in [0.25, 0.3) is 0 Å². The lowest BCUT2D eigenvalue weighted by Crippen LogP contribution is -2.20. The maximum Gasteiger partial charge on any atom is 0.165 e. The van der Waals surface area contributed by atoms with Crippen LogP contribution >= 0.6 is 0 Å². The SMILES string of the molecule is COc1ccnc(-c2cnc3ccc(-c4ccc(F)c(OC(C)Cn5cnnn5)c4)nn23)c1C#N. The van der Waals surface area contributed by atoms with Gasteiger partial charge in [0.2, 0.25) is 0 Å². The molecule has 1 unspecified atom stereocenters. The molecule has 0 aliphatic carbocycles. The molecular weight excluding hydrogens is 453 g/mol. The van der Waals surface area contributed by atoms with E-state index in [2.05, 4.69) is 36.7 Å². The van der Waals surface area contributed by atoms with E-state index in [9.17, 15) is 9.65 Å². The molecule has 35 heavy (non-hydrogen) atoms. The summed E-state index contributed by atoms with van der Waals surface area (Å²) in [6.45, 7) is 2.15. The standard InChI is InChI=1S/C23H18FN9O2/c1-14(12-32-13-28-30-31-32)35-21-9-15(3-4-17(21)24)18-5-6-22-27-11-19(33(22)29-18)23-16(10-25)20(34-2)7-8-26-23/h3-9,11,13-14H,12H2,1-2H3. The van der Waals surface area contributed by atoms with Crippen LogP contribution in [0.4, 0.5) is 4.39 Å². The van der Waals surface area contributed by atoms with Crippen LogP contribution in [0.5, 0.6) is 11.5 Å². The zero-order valence-corrected chi connectivity index (χ0v) is 18.7. The fraction of sp³-hybridized carbons (Fsp3) is 0.174. The lowest BCUT2D eigenvalue weighted by atomic mass is 10.1. The van der Waals surface area contributed by atoms with Crippen LogP contribution in [-0.2, 0) is 6.54 Å². The highest BCUT2D eigenvalue weighted by Gasteiger charge is 2.18. The maximum atomic E-state index is 14.5. The van der Waals surface area contributed by atoms with Gasteiger partial charge in [-0.25, -0.2) is 18.6 Å². The third kappa shape index (κ3) is 4.22. The van der Waals surface area contributed by atoms with E-state index in [0.717, 1.165) is 0 Å². The summed E-state index contributed by atoms with van der Waals surface area (Å²) in [7, 11) is 1.49. The quantitative estimate of drug-likeness (QED) is 0.352. The number of hydrogen-bond donors (Lipinski definition) is 0. The number of tetrazole rings is 1. The monoisotopic (exact) mass is 471 g/mol. The summed E-state index contributed by atoms with van der Waals surface area (Å²) in [4.78, 5) is 8.73. The smallest absolute Gasteiger partial charge is 0.165 e. The van der Waals surface area contributed by atoms with Crippen molar-refractivity contribution >= 4 is 5.65 Å². The Bertz CT molecular complexity index is 1540. The van der Waals surface area contributed by atoms with E-state index in [-0.39, 0.29) is 17.4 Å². The normalized spacial score (nSPS) is 11.8. The minimum Gasteiger partial charge on any atom is -0.495 e. The molecule has 0 N–H and O–H groups in total. The van der Waals surface area contributed by atoms with Crippen molar-refractivity contribution in [3.63, 3.8) is 0 Å². The lowest BCUT2D eigenvalue weighted by molar-refractivity contribution is 0.185. The second-order valence-electron chi connectivity index (χ2n) is 7.59. The summed E-state index contributed by atoms with van der Waals surface area (Å²) in [5.41, 5.74) is 2.94. The van der Waals surface area contributed by atoms with E-state index >= 15 is 0 Å². The number of aromatic nitrogens is 8. The van der Waals surface area contributed by atoms with Gasteiger partial charge < -0.3 is 9.47 Å². The van der Waals surface area contributed by atoms with Crippen LogP contribution in [0, 0.1) is 17.1 Å². The van der Waals surface area contributed by atoms with E-state index in [1.807, 2.05) is 0 Å². The van der Waals surface area contributed by atoms with Crippen molar-refractivity contribution in [1.29, 1.82) is 5.26 Å². The molecule has 0 amide bonds. The average molecular weight is 471 g/mol. The molecule has 0 saturated carbocycles. The third-order valence-electron chi connectivity index (χ3n) is 5.24. The number of nitrogens with zero attached hydrogens (tertiary/aromatic N) is 9. The van der Waals surface area contributed by atoms with Gasteiger partial charge in [0, 0.05) is 11.8 Å². The molecule has 0 bridgehead atoms. The van der Waals surface area contributed by atoms with Crippen LogP contribution in [0.1, 0.15) is 12.5 Å². The maximum absolute atomic E-state index is 14.5. The molecule has 5 rings (SSSR count). The van der Waals surface area contributed by atoms with E-state index in [4.69, 9.17) is 9.47 Å². The number of rotatable bonds is 7. The first-order valence-corrected chi connectivity index (χ1v) is 10.5. The fourth-order valence-electron chi connectivity index (χ4n) is 3.64. The first-order valence-electron chi connectivity index (χ1n) is 10.5. The molecule has 5 aromatic rings. The van der Waals surface area contributed by atoms with Crippen LogP contribution in [0.15, 0.2) is 55.1 Å². The molecule has 0 fully saturated rings. The van der Waals surface area contributed by atoms with Crippen molar-refractivity contribution < 1.29 is 13.9 Å². The predicted molar refractivity (Wildman–Crippen MR) is 121 cm³/mol. The summed E-state index contributed by atoms with van der Waals surface area (Å²) in [5.74, 6) is -0.0160. The van der Waals surface area contributed by atoms with Crippen molar-refractivity contribution in [2.45, 2.75) is 19.6 Å². The Kier molecular flexibility index (Phi) is 5.72. The Hall–Kier alpha value is -4.92. The Morgan fingerprint density at radius 1 is 1.14 bits per heavy atom. The van der Waals surface area contributed by atoms with Gasteiger partial charge in [-0.05, 0) is 53.7 Å². The molecule has 0 saturated heterocycles. The first-order chi connectivity index (χ1) is 17.1. The van der Waals surface area contributed by atoms with Crippen LogP contribution < -0.4 is 9.47 Å². The molecule has 1 aromatic carbocycles. The number of imidazole rings is 1. The Morgan fingerprint density at radius 3 is 2.80 bits per heavy atom. The highest BCUT2D eigenvalue weighted by atomic mass is 19.1. The molecule has 0 radical (unpaired) electrons. The summed E-state index contributed by atoms with van der Waals surface area (Å²) in [6.07, 6.45) is 4.22. The highest BCUT2D eigenvalue weighted by Crippen LogP contribution is 2.30. The minimum absolute atomic E-state index is 0.0806. The van der Waals surface area contributed by atoms with Crippen LogP contribution in [-0.4, -0.2) is 53.0 Å². The van der Waals surface area contributed by atoms with Gasteiger partial charge in [-0.3, -0.25) is 4.98 Å². The summed E-state index contributed by atoms with van der Waals surface area (Å²) >= 11 is 0. The minimum atomic E-state index is -0.499. The van der Waals surface area contributed by atoms with E-state index < -0.39 is 5.82 Å². The molecule has 12 heteroatoms. The van der Waals surface area contributed by atoms with Crippen molar-refractivity contribution in [3.05, 3.63) is 66.5 Å². The van der Waals surface area contributed by atoms with Crippen molar-refractivity contribution in [3.8, 4) is 40.2 Å². The Morgan fingerprint density at radius 2 is 2.03 bits per heavy atom. The van der Waals surface area contributed by atoms with E-state index in [1.165, 1.54) is 24.2 Å². The number of halogens is 1. The zero-order chi connectivity index (χ0) is 24.4. The van der Waals surface area contributed by atoms with Crippen LogP contribution in [0.25, 0.3) is 28.3 Å². The summed E-state index contributed by atoms with van der Waals surface area (Å²) in [6, 6.07) is 11.8. The van der Waals surface area contributed by atoms with Gasteiger partial charge in [-0.1, -0.05) is 0 Å². The second-order valence-corrected chi connectivity index (χ2v) is 7.59. The predicted octanol–water partition coefficient (Wildman–Crippen LogP) is 2.93. The Labute approximate surface area is 198 Å². The number of hydrogen-bond acceptors (Lipinski definition) is 9. The number of benzene rings is 1. The van der Waals surface area contributed by atoms with Gasteiger partial charge in [-0.2, -0.15) is 10.4 Å². The largest absolute Gasteiger partial charge is 0.495 e. The zero-order valence-electron chi connectivity index (χ0n) is 18.7. The van der Waals surface area contributed by atoms with Gasteiger partial charge >= 0.3 is 0 Å². The molecule has 4 aromatic heterocycles. The highest BCUT2D eigenvalue weighted by molar-refractivity contribution is 5.70. The van der Waals surface area contributed by atoms with E-state index in [0.29, 0.717) is 40.6 Å². The molecule has 11 nitrogen and oxygen atoms in total. The number of fused-ring (bicyclic) bond motifs is 1. The number of ether oxygens (including phenoxy) is 2. The lowest BCUT2D eigenvalue weighted by Gasteiger charge is -2.15. The average Bonchev–Trinajstić information content (AvgIpc) is 3.54. The first kappa shape index (κ1) is 21.9. The van der Waals surface area contributed by atoms with E-state index in [1.54, 1.807) is 54.2 Å². The van der Waals surface area contributed by atoms with Crippen molar-refractivity contribution in [2.75, 3.05) is 7.11 Å². The van der Waals surface area contributed by atoms with Crippen LogP contribution in [0.2, 0.25) is 0 Å². The molecule has 174 valence electrons. The third-order valence-corrected chi connectivity index (χ3v) is 5.24. The second kappa shape index (κ2) is 9.14. The molecule has 0 aliphatic heterocycles. The number of pyridine rings is 1. The molecular formula is C23H18FN9O2. The molecule has 0 aliphatic rings. The Balaban J connectivity index is 1.51. The van der Waals surface area contributed by atoms with Gasteiger partial charge in [-0.15, -0.1) is 5.10 Å². The van der Waals surface area contributed by atoms with Gasteiger partial charge in [0.1, 0.15) is 41.2 Å². The van der Waals surface area contributed by atoms with Crippen LogP contribution in [0.3, 0.4) is 0 Å². The van der Waals surface area contributed by atoms with Gasteiger partial charge in [0.15, 0.2) is 17.2 Å². The molecule has 4 heterocycles. The topological polar surface area (TPSA) is 129 Å². The fourth-order valence-corrected chi connectivity index (χ4v) is 3.64. The summed E-state index contributed by atoms with van der Waals surface area (Å²) < 4.78 is 28.7. The van der Waals surface area contributed by atoms with Gasteiger partial charge in [0.05, 0.1) is 25.5 Å².